The minimum atomic E-state index is -0.959. The second-order valence-corrected chi connectivity index (χ2v) is 3.66. The summed E-state index contributed by atoms with van der Waals surface area (Å²) in [6.07, 6.45) is 2.64. The number of ether oxygens (including phenoxy) is 1. The molecule has 2 aromatic carbocycles. The van der Waals surface area contributed by atoms with E-state index in [0.29, 0.717) is 5.75 Å². The predicted molar refractivity (Wildman–Crippen MR) is 76.4 cm³/mol. The van der Waals surface area contributed by atoms with E-state index in [1.54, 1.807) is 24.3 Å². The van der Waals surface area contributed by atoms with E-state index in [1.165, 1.54) is 6.08 Å². The highest BCUT2D eigenvalue weighted by Crippen LogP contribution is 2.21. The molecular formula is C16H16O3. The number of aliphatic carboxylic acids is 1. The molecule has 0 heterocycles. The van der Waals surface area contributed by atoms with Crippen LogP contribution in [0.15, 0.2) is 60.7 Å². The maximum atomic E-state index is 10.4. The predicted octanol–water partition coefficient (Wildman–Crippen LogP) is 4.21. The zero-order valence-corrected chi connectivity index (χ0v) is 9.61. The number of carbonyl (C=O) groups is 1. The van der Waals surface area contributed by atoms with Crippen LogP contribution in [0.1, 0.15) is 13.0 Å². The van der Waals surface area contributed by atoms with E-state index in [9.17, 15) is 4.79 Å². The van der Waals surface area contributed by atoms with Crippen LogP contribution in [-0.4, -0.2) is 11.1 Å². The summed E-state index contributed by atoms with van der Waals surface area (Å²) in [4.78, 5) is 10.4. The molecule has 0 saturated heterocycles. The Balaban J connectivity index is 0.00000180. The molecule has 1 N–H and O–H groups in total. The summed E-state index contributed by atoms with van der Waals surface area (Å²) in [5.74, 6) is 0.527. The Hall–Kier alpha value is -2.55. The van der Waals surface area contributed by atoms with Gasteiger partial charge in [-0.2, -0.15) is 0 Å². The third-order valence-corrected chi connectivity index (χ3v) is 2.28. The van der Waals surface area contributed by atoms with Crippen LogP contribution in [0.3, 0.4) is 0 Å². The molecule has 0 amide bonds. The van der Waals surface area contributed by atoms with E-state index >= 15 is 0 Å². The molecule has 0 aromatic heterocycles. The number of hydrogen-bond donors (Lipinski definition) is 1. The molecule has 98 valence electrons. The van der Waals surface area contributed by atoms with Gasteiger partial charge >= 0.3 is 5.97 Å². The summed E-state index contributed by atoms with van der Waals surface area (Å²) >= 11 is 0. The van der Waals surface area contributed by atoms with Gasteiger partial charge in [-0.25, -0.2) is 4.79 Å². The van der Waals surface area contributed by atoms with E-state index in [-0.39, 0.29) is 7.43 Å². The highest BCUT2D eigenvalue weighted by atomic mass is 16.5. The molecule has 0 atom stereocenters. The lowest BCUT2D eigenvalue weighted by atomic mass is 10.2. The molecule has 0 fully saturated rings. The van der Waals surface area contributed by atoms with Crippen molar-refractivity contribution in [1.82, 2.24) is 0 Å². The first-order valence-corrected chi connectivity index (χ1v) is 5.48. The van der Waals surface area contributed by atoms with Crippen molar-refractivity contribution in [2.45, 2.75) is 7.43 Å². The molecule has 0 aliphatic carbocycles. The number of carboxylic acid groups (broad SMARTS) is 1. The molecule has 2 rings (SSSR count). The van der Waals surface area contributed by atoms with Gasteiger partial charge in [-0.05, 0) is 35.9 Å². The van der Waals surface area contributed by atoms with Crippen molar-refractivity contribution in [2.24, 2.45) is 0 Å². The smallest absolute Gasteiger partial charge is 0.328 e. The van der Waals surface area contributed by atoms with Crippen LogP contribution in [0.2, 0.25) is 0 Å². The molecule has 3 heteroatoms. The third-order valence-electron chi connectivity index (χ3n) is 2.28. The molecule has 3 nitrogen and oxygen atoms in total. The van der Waals surface area contributed by atoms with Crippen LogP contribution >= 0.6 is 0 Å². The molecule has 0 aliphatic rings. The van der Waals surface area contributed by atoms with Crippen molar-refractivity contribution in [2.75, 3.05) is 0 Å². The van der Waals surface area contributed by atoms with Crippen LogP contribution < -0.4 is 4.74 Å². The van der Waals surface area contributed by atoms with E-state index in [1.807, 2.05) is 30.3 Å². The molecule has 0 bridgehead atoms. The van der Waals surface area contributed by atoms with Crippen molar-refractivity contribution >= 4 is 12.0 Å². The Morgan fingerprint density at radius 1 is 0.947 bits per heavy atom. The highest BCUT2D eigenvalue weighted by molar-refractivity contribution is 5.85. The van der Waals surface area contributed by atoms with Gasteiger partial charge in [0.25, 0.3) is 0 Å². The standard InChI is InChI=1S/C15H12O3.CH4/c16-15(17)11-8-12-6-9-14(10-7-12)18-13-4-2-1-3-5-13;/h1-11H,(H,16,17);1H4. The van der Waals surface area contributed by atoms with Crippen LogP contribution in [0.25, 0.3) is 6.08 Å². The lowest BCUT2D eigenvalue weighted by Crippen LogP contribution is -1.86. The quantitative estimate of drug-likeness (QED) is 0.833. The number of benzene rings is 2. The third kappa shape index (κ3) is 4.68. The number of rotatable bonds is 4. The highest BCUT2D eigenvalue weighted by Gasteiger charge is 1.96. The maximum absolute atomic E-state index is 10.4. The Morgan fingerprint density at radius 3 is 2.11 bits per heavy atom. The number of hydrogen-bond acceptors (Lipinski definition) is 2. The summed E-state index contributed by atoms with van der Waals surface area (Å²) in [6.45, 7) is 0. The Bertz CT molecular complexity index is 542. The van der Waals surface area contributed by atoms with Crippen molar-refractivity contribution < 1.29 is 14.6 Å². The maximum Gasteiger partial charge on any atom is 0.328 e. The summed E-state index contributed by atoms with van der Waals surface area (Å²) in [6, 6.07) is 16.7. The van der Waals surface area contributed by atoms with Crippen molar-refractivity contribution in [3.05, 3.63) is 66.2 Å². The Morgan fingerprint density at radius 2 is 1.53 bits per heavy atom. The molecule has 0 spiro atoms. The zero-order valence-electron chi connectivity index (χ0n) is 9.61. The fourth-order valence-electron chi connectivity index (χ4n) is 1.44. The van der Waals surface area contributed by atoms with Crippen molar-refractivity contribution in [1.29, 1.82) is 0 Å². The van der Waals surface area contributed by atoms with Gasteiger partial charge < -0.3 is 9.84 Å². The van der Waals surface area contributed by atoms with Crippen molar-refractivity contribution in [3.8, 4) is 11.5 Å². The van der Waals surface area contributed by atoms with Gasteiger partial charge in [0.1, 0.15) is 11.5 Å². The first-order valence-electron chi connectivity index (χ1n) is 5.48. The average Bonchev–Trinajstić information content (AvgIpc) is 2.39. The van der Waals surface area contributed by atoms with Crippen molar-refractivity contribution in [3.63, 3.8) is 0 Å². The van der Waals surface area contributed by atoms with Crippen LogP contribution in [-0.2, 0) is 4.79 Å². The summed E-state index contributed by atoms with van der Waals surface area (Å²) in [7, 11) is 0. The monoisotopic (exact) mass is 256 g/mol. The molecule has 19 heavy (non-hydrogen) atoms. The second-order valence-electron chi connectivity index (χ2n) is 3.66. The van der Waals surface area contributed by atoms with E-state index in [2.05, 4.69) is 0 Å². The Labute approximate surface area is 112 Å². The largest absolute Gasteiger partial charge is 0.478 e. The lowest BCUT2D eigenvalue weighted by molar-refractivity contribution is -0.131. The van der Waals surface area contributed by atoms with Crippen LogP contribution in [0.4, 0.5) is 0 Å². The molecule has 0 aliphatic heterocycles. The van der Waals surface area contributed by atoms with Gasteiger partial charge in [-0.15, -0.1) is 0 Å². The van der Waals surface area contributed by atoms with E-state index in [4.69, 9.17) is 9.84 Å². The summed E-state index contributed by atoms with van der Waals surface area (Å²) in [5.41, 5.74) is 0.817. The first kappa shape index (κ1) is 14.5. The molecule has 0 unspecified atom stereocenters. The Kier molecular flexibility index (Phi) is 5.35. The number of carboxylic acids is 1. The fraction of sp³-hybridized carbons (Fsp3) is 0.0625. The molecule has 0 radical (unpaired) electrons. The van der Waals surface area contributed by atoms with Crippen LogP contribution in [0, 0.1) is 0 Å². The fourth-order valence-corrected chi connectivity index (χ4v) is 1.44. The minimum absolute atomic E-state index is 0. The van der Waals surface area contributed by atoms with E-state index in [0.717, 1.165) is 17.4 Å². The second kappa shape index (κ2) is 7.01. The molecular weight excluding hydrogens is 240 g/mol. The van der Waals surface area contributed by atoms with Gasteiger partial charge in [0, 0.05) is 6.08 Å². The van der Waals surface area contributed by atoms with Gasteiger partial charge in [-0.1, -0.05) is 37.8 Å². The summed E-state index contributed by atoms with van der Waals surface area (Å²) in [5, 5.41) is 8.51. The van der Waals surface area contributed by atoms with Gasteiger partial charge in [0.2, 0.25) is 0 Å². The topological polar surface area (TPSA) is 46.5 Å². The van der Waals surface area contributed by atoms with E-state index < -0.39 is 5.97 Å². The average molecular weight is 256 g/mol. The minimum Gasteiger partial charge on any atom is -0.478 e. The van der Waals surface area contributed by atoms with Gasteiger partial charge in [0.15, 0.2) is 0 Å². The first-order chi connectivity index (χ1) is 8.74. The lowest BCUT2D eigenvalue weighted by Gasteiger charge is -2.05. The zero-order chi connectivity index (χ0) is 12.8. The normalized spacial score (nSPS) is 9.89. The van der Waals surface area contributed by atoms with Gasteiger partial charge in [0.05, 0.1) is 0 Å². The van der Waals surface area contributed by atoms with Crippen LogP contribution in [0.5, 0.6) is 11.5 Å². The summed E-state index contributed by atoms with van der Waals surface area (Å²) < 4.78 is 5.62. The number of para-hydroxylation sites is 1. The molecule has 0 saturated carbocycles. The SMILES string of the molecule is C.O=C(O)C=Cc1ccc(Oc2ccccc2)cc1. The molecule has 2 aromatic rings. The van der Waals surface area contributed by atoms with Gasteiger partial charge in [-0.3, -0.25) is 0 Å².